The summed E-state index contributed by atoms with van der Waals surface area (Å²) < 4.78 is 15.8. The van der Waals surface area contributed by atoms with Crippen LogP contribution in [0.2, 0.25) is 0 Å². The first kappa shape index (κ1) is 19.1. The quantitative estimate of drug-likeness (QED) is 0.863. The van der Waals surface area contributed by atoms with Crippen molar-refractivity contribution in [3.8, 4) is 0 Å². The number of hydrogen-bond acceptors (Lipinski definition) is 4. The lowest BCUT2D eigenvalue weighted by Crippen LogP contribution is -2.48. The Morgan fingerprint density at radius 3 is 2.71 bits per heavy atom. The SMILES string of the molecule is O=C1NCc2cn(nn2)CCCCCC12CCN(Cc1ccccc1F)CC2. The third-order valence-electron chi connectivity index (χ3n) is 6.21. The van der Waals surface area contributed by atoms with Crippen molar-refractivity contribution < 1.29 is 9.18 Å². The minimum Gasteiger partial charge on any atom is -0.350 e. The Labute approximate surface area is 165 Å². The average molecular weight is 385 g/mol. The smallest absolute Gasteiger partial charge is 0.226 e. The van der Waals surface area contributed by atoms with Crippen molar-refractivity contribution in [1.29, 1.82) is 0 Å². The van der Waals surface area contributed by atoms with Crippen molar-refractivity contribution in [2.45, 2.75) is 58.2 Å². The Morgan fingerprint density at radius 2 is 1.89 bits per heavy atom. The molecule has 0 unspecified atom stereocenters. The van der Waals surface area contributed by atoms with Gasteiger partial charge in [0.05, 0.1) is 18.2 Å². The number of aryl methyl sites for hydroxylation is 1. The summed E-state index contributed by atoms with van der Waals surface area (Å²) in [7, 11) is 0. The molecule has 1 amide bonds. The van der Waals surface area contributed by atoms with E-state index in [1.165, 1.54) is 6.07 Å². The number of aromatic nitrogens is 3. The molecule has 28 heavy (non-hydrogen) atoms. The Balaban J connectivity index is 1.41. The standard InChI is InChI=1S/C21H28FN5O/c22-19-7-3-2-6-17(19)15-26-12-9-21(10-13-26)8-4-1-5-11-27-16-18(24-25-27)14-23-20(21)28/h2-3,6-7,16H,1,4-5,8-15H2,(H,23,28). The molecule has 1 N–H and O–H groups in total. The number of nitrogens with one attached hydrogen (secondary N) is 1. The number of fused-ring (bicyclic) bond motifs is 2. The highest BCUT2D eigenvalue weighted by Crippen LogP contribution is 2.38. The van der Waals surface area contributed by atoms with Crippen LogP contribution in [0.5, 0.6) is 0 Å². The summed E-state index contributed by atoms with van der Waals surface area (Å²) in [5, 5.41) is 11.4. The summed E-state index contributed by atoms with van der Waals surface area (Å²) in [6.45, 7) is 3.55. The maximum absolute atomic E-state index is 14.0. The second-order valence-electron chi connectivity index (χ2n) is 8.11. The lowest BCUT2D eigenvalue weighted by atomic mass is 9.73. The van der Waals surface area contributed by atoms with Crippen LogP contribution < -0.4 is 5.32 Å². The third kappa shape index (κ3) is 4.24. The number of likely N-dealkylation sites (tertiary alicyclic amines) is 1. The fourth-order valence-corrected chi connectivity index (χ4v) is 4.40. The zero-order valence-corrected chi connectivity index (χ0v) is 16.2. The Hall–Kier alpha value is -2.28. The molecule has 6 nitrogen and oxygen atoms in total. The topological polar surface area (TPSA) is 63.1 Å². The summed E-state index contributed by atoms with van der Waals surface area (Å²) in [6.07, 6.45) is 7.66. The van der Waals surface area contributed by atoms with Gasteiger partial charge in [-0.05, 0) is 44.8 Å². The maximum Gasteiger partial charge on any atom is 0.226 e. The monoisotopic (exact) mass is 385 g/mol. The molecule has 1 aromatic carbocycles. The van der Waals surface area contributed by atoms with Crippen LogP contribution in [-0.2, 0) is 24.4 Å². The van der Waals surface area contributed by atoms with E-state index in [0.717, 1.165) is 69.4 Å². The average Bonchev–Trinajstić information content (AvgIpc) is 3.16. The molecule has 2 aromatic rings. The van der Waals surface area contributed by atoms with E-state index in [-0.39, 0.29) is 17.1 Å². The van der Waals surface area contributed by atoms with Crippen LogP contribution in [0.1, 0.15) is 49.8 Å². The molecule has 7 heteroatoms. The van der Waals surface area contributed by atoms with Gasteiger partial charge in [0.1, 0.15) is 11.5 Å². The molecule has 0 aliphatic carbocycles. The highest BCUT2D eigenvalue weighted by molar-refractivity contribution is 5.82. The minimum absolute atomic E-state index is 0.133. The van der Waals surface area contributed by atoms with Crippen LogP contribution in [0.15, 0.2) is 30.5 Å². The van der Waals surface area contributed by atoms with E-state index >= 15 is 0 Å². The van der Waals surface area contributed by atoms with Gasteiger partial charge in [0.25, 0.3) is 0 Å². The van der Waals surface area contributed by atoms with E-state index in [2.05, 4.69) is 20.5 Å². The van der Waals surface area contributed by atoms with Gasteiger partial charge in [-0.2, -0.15) is 0 Å². The Kier molecular flexibility index (Phi) is 5.71. The summed E-state index contributed by atoms with van der Waals surface area (Å²) in [5.41, 5.74) is 1.21. The molecule has 1 spiro atoms. The number of benzene rings is 1. The predicted octanol–water partition coefficient (Wildman–Crippen LogP) is 2.89. The summed E-state index contributed by atoms with van der Waals surface area (Å²) >= 11 is 0. The van der Waals surface area contributed by atoms with Gasteiger partial charge in [0.15, 0.2) is 0 Å². The van der Waals surface area contributed by atoms with E-state index < -0.39 is 0 Å². The molecular formula is C21H28FN5O. The van der Waals surface area contributed by atoms with Crippen molar-refractivity contribution in [2.24, 2.45) is 5.41 Å². The highest BCUT2D eigenvalue weighted by atomic mass is 19.1. The second kappa shape index (κ2) is 8.39. The Bertz CT molecular complexity index is 813. The molecule has 1 fully saturated rings. The molecule has 1 saturated heterocycles. The molecule has 0 atom stereocenters. The normalized spacial score (nSPS) is 21.0. The van der Waals surface area contributed by atoms with Crippen molar-refractivity contribution in [1.82, 2.24) is 25.2 Å². The fourth-order valence-electron chi connectivity index (χ4n) is 4.40. The highest BCUT2D eigenvalue weighted by Gasteiger charge is 2.40. The maximum atomic E-state index is 14.0. The van der Waals surface area contributed by atoms with Gasteiger partial charge in [0.2, 0.25) is 5.91 Å². The largest absolute Gasteiger partial charge is 0.350 e. The molecule has 0 radical (unpaired) electrons. The molecule has 0 saturated carbocycles. The number of hydrogen-bond donors (Lipinski definition) is 1. The lowest BCUT2D eigenvalue weighted by Gasteiger charge is -2.41. The number of amides is 1. The summed E-state index contributed by atoms with van der Waals surface area (Å²) in [4.78, 5) is 15.4. The molecule has 1 aromatic heterocycles. The zero-order valence-electron chi connectivity index (χ0n) is 16.2. The van der Waals surface area contributed by atoms with Gasteiger partial charge < -0.3 is 5.32 Å². The van der Waals surface area contributed by atoms with E-state index in [4.69, 9.17) is 0 Å². The van der Waals surface area contributed by atoms with Gasteiger partial charge in [-0.25, -0.2) is 4.39 Å². The van der Waals surface area contributed by atoms with Crippen molar-refractivity contribution in [2.75, 3.05) is 13.1 Å². The number of nitrogens with zero attached hydrogens (tertiary/aromatic N) is 4. The summed E-state index contributed by atoms with van der Waals surface area (Å²) in [6, 6.07) is 6.95. The first-order valence-electron chi connectivity index (χ1n) is 10.3. The zero-order chi connectivity index (χ0) is 19.4. The van der Waals surface area contributed by atoms with Crippen molar-refractivity contribution in [3.05, 3.63) is 47.5 Å². The van der Waals surface area contributed by atoms with E-state index in [1.54, 1.807) is 6.07 Å². The number of rotatable bonds is 2. The van der Waals surface area contributed by atoms with Crippen LogP contribution >= 0.6 is 0 Å². The Morgan fingerprint density at radius 1 is 1.07 bits per heavy atom. The molecule has 2 aliphatic heterocycles. The molecule has 150 valence electrons. The van der Waals surface area contributed by atoms with Crippen molar-refractivity contribution in [3.63, 3.8) is 0 Å². The predicted molar refractivity (Wildman–Crippen MR) is 104 cm³/mol. The van der Waals surface area contributed by atoms with E-state index in [9.17, 15) is 9.18 Å². The molecule has 2 bridgehead atoms. The number of piperidine rings is 1. The van der Waals surface area contributed by atoms with Gasteiger partial charge in [-0.1, -0.05) is 36.3 Å². The first-order chi connectivity index (χ1) is 13.6. The molecule has 2 aliphatic rings. The van der Waals surface area contributed by atoms with Crippen LogP contribution in [0.3, 0.4) is 0 Å². The minimum atomic E-state index is -0.319. The molecular weight excluding hydrogens is 357 g/mol. The molecule has 3 heterocycles. The first-order valence-corrected chi connectivity index (χ1v) is 10.3. The van der Waals surface area contributed by atoms with Gasteiger partial charge in [-0.15, -0.1) is 5.10 Å². The van der Waals surface area contributed by atoms with E-state index in [1.807, 2.05) is 23.0 Å². The van der Waals surface area contributed by atoms with E-state index in [0.29, 0.717) is 13.1 Å². The van der Waals surface area contributed by atoms with Crippen LogP contribution in [-0.4, -0.2) is 38.9 Å². The van der Waals surface area contributed by atoms with Crippen LogP contribution in [0.25, 0.3) is 0 Å². The van der Waals surface area contributed by atoms with Gasteiger partial charge >= 0.3 is 0 Å². The third-order valence-corrected chi connectivity index (χ3v) is 6.21. The van der Waals surface area contributed by atoms with Crippen LogP contribution in [0, 0.1) is 11.2 Å². The summed E-state index contributed by atoms with van der Waals surface area (Å²) in [5.74, 6) is -0.0206. The second-order valence-corrected chi connectivity index (χ2v) is 8.11. The molecule has 4 rings (SSSR count). The van der Waals surface area contributed by atoms with Gasteiger partial charge in [-0.3, -0.25) is 14.4 Å². The number of halogens is 1. The lowest BCUT2D eigenvalue weighted by molar-refractivity contribution is -0.135. The number of carbonyl (C=O) groups is 1. The van der Waals surface area contributed by atoms with Crippen LogP contribution in [0.4, 0.5) is 4.39 Å². The fraction of sp³-hybridized carbons (Fsp3) is 0.571. The van der Waals surface area contributed by atoms with Crippen molar-refractivity contribution >= 4 is 5.91 Å². The number of carbonyl (C=O) groups excluding carboxylic acids is 1. The van der Waals surface area contributed by atoms with Gasteiger partial charge in [0, 0.05) is 18.7 Å².